The lowest BCUT2D eigenvalue weighted by Crippen LogP contribution is -2.12. The lowest BCUT2D eigenvalue weighted by Gasteiger charge is -2.09. The van der Waals surface area contributed by atoms with Gasteiger partial charge in [0.05, 0.1) is 10.8 Å². The number of carboxylic acids is 1. The van der Waals surface area contributed by atoms with Gasteiger partial charge in [-0.25, -0.2) is 4.79 Å². The SMILES string of the molecule is O=C(O)[C@H](O)c1cccc2c(=O)c3ccccc3oc12. The van der Waals surface area contributed by atoms with Gasteiger partial charge in [-0.05, 0) is 18.2 Å². The van der Waals surface area contributed by atoms with Gasteiger partial charge in [0.1, 0.15) is 11.2 Å². The summed E-state index contributed by atoms with van der Waals surface area (Å²) in [6, 6.07) is 11.2. The number of carboxylic acid groups (broad SMARTS) is 1. The first kappa shape index (κ1) is 12.4. The number of carbonyl (C=O) groups is 1. The largest absolute Gasteiger partial charge is 0.479 e. The van der Waals surface area contributed by atoms with Crippen molar-refractivity contribution in [2.75, 3.05) is 0 Å². The maximum absolute atomic E-state index is 12.3. The van der Waals surface area contributed by atoms with Gasteiger partial charge in [-0.2, -0.15) is 0 Å². The second-order valence-corrected chi connectivity index (χ2v) is 4.39. The molecule has 1 atom stereocenters. The molecule has 0 saturated carbocycles. The van der Waals surface area contributed by atoms with Crippen molar-refractivity contribution in [1.82, 2.24) is 0 Å². The predicted octanol–water partition coefficient (Wildman–Crippen LogP) is 2.06. The summed E-state index contributed by atoms with van der Waals surface area (Å²) in [6.07, 6.45) is -1.73. The maximum atomic E-state index is 12.3. The summed E-state index contributed by atoms with van der Waals surface area (Å²) >= 11 is 0. The first-order valence-corrected chi connectivity index (χ1v) is 5.95. The lowest BCUT2D eigenvalue weighted by atomic mass is 10.0. The van der Waals surface area contributed by atoms with Crippen LogP contribution in [0.2, 0.25) is 0 Å². The van der Waals surface area contributed by atoms with E-state index in [1.807, 2.05) is 0 Å². The van der Waals surface area contributed by atoms with Crippen LogP contribution in [0.1, 0.15) is 11.7 Å². The molecule has 0 aliphatic heterocycles. The molecule has 3 rings (SSSR count). The average Bonchev–Trinajstić information content (AvgIpc) is 2.46. The van der Waals surface area contributed by atoms with Crippen molar-refractivity contribution >= 4 is 27.9 Å². The summed E-state index contributed by atoms with van der Waals surface area (Å²) in [7, 11) is 0. The van der Waals surface area contributed by atoms with Crippen LogP contribution in [0.15, 0.2) is 51.7 Å². The number of hydrogen-bond donors (Lipinski definition) is 2. The number of rotatable bonds is 2. The first-order chi connectivity index (χ1) is 9.59. The molecule has 1 aromatic heterocycles. The van der Waals surface area contributed by atoms with Crippen molar-refractivity contribution in [3.8, 4) is 0 Å². The van der Waals surface area contributed by atoms with Crippen LogP contribution in [0, 0.1) is 0 Å². The molecule has 0 fully saturated rings. The monoisotopic (exact) mass is 270 g/mol. The van der Waals surface area contributed by atoms with Gasteiger partial charge >= 0.3 is 5.97 Å². The minimum atomic E-state index is -1.73. The third-order valence-corrected chi connectivity index (χ3v) is 3.16. The topological polar surface area (TPSA) is 87.7 Å². The minimum Gasteiger partial charge on any atom is -0.479 e. The van der Waals surface area contributed by atoms with E-state index in [0.717, 1.165) is 0 Å². The molecule has 0 saturated heterocycles. The fourth-order valence-corrected chi connectivity index (χ4v) is 2.19. The van der Waals surface area contributed by atoms with Crippen LogP contribution in [-0.2, 0) is 4.79 Å². The van der Waals surface area contributed by atoms with Crippen LogP contribution in [0.25, 0.3) is 21.9 Å². The van der Waals surface area contributed by atoms with E-state index in [-0.39, 0.29) is 22.0 Å². The molecule has 100 valence electrons. The Balaban J connectivity index is 2.46. The van der Waals surface area contributed by atoms with E-state index in [0.29, 0.717) is 11.0 Å². The molecule has 0 spiro atoms. The second kappa shape index (κ2) is 4.47. The molecule has 0 amide bonds. The Kier molecular flexibility index (Phi) is 2.76. The van der Waals surface area contributed by atoms with Gasteiger partial charge in [-0.1, -0.05) is 24.3 Å². The molecule has 0 bridgehead atoms. The van der Waals surface area contributed by atoms with Crippen LogP contribution in [-0.4, -0.2) is 16.2 Å². The van der Waals surface area contributed by atoms with E-state index in [1.165, 1.54) is 12.1 Å². The van der Waals surface area contributed by atoms with Gasteiger partial charge in [-0.15, -0.1) is 0 Å². The summed E-state index contributed by atoms with van der Waals surface area (Å²) in [5.41, 5.74) is 0.278. The quantitative estimate of drug-likeness (QED) is 0.696. The van der Waals surface area contributed by atoms with E-state index in [1.54, 1.807) is 30.3 Å². The molecule has 0 radical (unpaired) electrons. The number of aliphatic carboxylic acids is 1. The van der Waals surface area contributed by atoms with Gasteiger partial charge in [0.2, 0.25) is 5.43 Å². The van der Waals surface area contributed by atoms with Gasteiger partial charge in [-0.3, -0.25) is 4.79 Å². The summed E-state index contributed by atoms with van der Waals surface area (Å²) < 4.78 is 5.61. The second-order valence-electron chi connectivity index (χ2n) is 4.39. The van der Waals surface area contributed by atoms with Gasteiger partial charge in [0.15, 0.2) is 6.10 Å². The summed E-state index contributed by atoms with van der Waals surface area (Å²) in [4.78, 5) is 23.3. The number of para-hydroxylation sites is 2. The molecule has 2 N–H and O–H groups in total. The number of aliphatic hydroxyl groups is 1. The first-order valence-electron chi connectivity index (χ1n) is 5.95. The van der Waals surface area contributed by atoms with Crippen molar-refractivity contribution in [1.29, 1.82) is 0 Å². The summed E-state index contributed by atoms with van der Waals surface area (Å²) in [6.45, 7) is 0. The van der Waals surface area contributed by atoms with Crippen LogP contribution in [0.4, 0.5) is 0 Å². The van der Waals surface area contributed by atoms with Crippen molar-refractivity contribution in [3.63, 3.8) is 0 Å². The average molecular weight is 270 g/mol. The third-order valence-electron chi connectivity index (χ3n) is 3.16. The zero-order chi connectivity index (χ0) is 14.3. The Morgan fingerprint density at radius 1 is 1.05 bits per heavy atom. The van der Waals surface area contributed by atoms with Gasteiger partial charge in [0.25, 0.3) is 0 Å². The Bertz CT molecular complexity index is 878. The van der Waals surface area contributed by atoms with Crippen molar-refractivity contribution in [2.45, 2.75) is 6.10 Å². The highest BCUT2D eigenvalue weighted by Gasteiger charge is 2.21. The zero-order valence-electron chi connectivity index (χ0n) is 10.2. The molecular formula is C15H10O5. The van der Waals surface area contributed by atoms with Crippen LogP contribution >= 0.6 is 0 Å². The van der Waals surface area contributed by atoms with Gasteiger partial charge in [0, 0.05) is 5.56 Å². The fraction of sp³-hybridized carbons (Fsp3) is 0.0667. The van der Waals surface area contributed by atoms with E-state index in [4.69, 9.17) is 9.52 Å². The molecular weight excluding hydrogens is 260 g/mol. The summed E-state index contributed by atoms with van der Waals surface area (Å²) in [5, 5.41) is 19.3. The molecule has 5 nitrogen and oxygen atoms in total. The van der Waals surface area contributed by atoms with Crippen molar-refractivity contribution in [2.24, 2.45) is 0 Å². The molecule has 2 aromatic carbocycles. The van der Waals surface area contributed by atoms with Crippen LogP contribution < -0.4 is 5.43 Å². The van der Waals surface area contributed by atoms with Crippen molar-refractivity contribution < 1.29 is 19.4 Å². The molecule has 5 heteroatoms. The van der Waals surface area contributed by atoms with E-state index >= 15 is 0 Å². The number of hydrogen-bond acceptors (Lipinski definition) is 4. The normalized spacial score (nSPS) is 12.7. The van der Waals surface area contributed by atoms with E-state index < -0.39 is 12.1 Å². The molecule has 1 heterocycles. The molecule has 0 aliphatic rings. The Hall–Kier alpha value is -2.66. The number of aliphatic hydroxyl groups excluding tert-OH is 1. The Labute approximate surface area is 112 Å². The number of fused-ring (bicyclic) bond motifs is 2. The van der Waals surface area contributed by atoms with Crippen molar-refractivity contribution in [3.05, 3.63) is 58.3 Å². The van der Waals surface area contributed by atoms with Gasteiger partial charge < -0.3 is 14.6 Å². The fourth-order valence-electron chi connectivity index (χ4n) is 2.19. The highest BCUT2D eigenvalue weighted by Crippen LogP contribution is 2.26. The molecule has 0 aliphatic carbocycles. The standard InChI is InChI=1S/C15H10O5/c16-12-8-4-1-2-7-11(8)20-14-9(12)5-3-6-10(14)13(17)15(18)19/h1-7,13,17H,(H,18,19)/t13-/m1/s1. The smallest absolute Gasteiger partial charge is 0.337 e. The highest BCUT2D eigenvalue weighted by molar-refractivity contribution is 5.92. The highest BCUT2D eigenvalue weighted by atomic mass is 16.4. The Morgan fingerprint density at radius 3 is 2.50 bits per heavy atom. The zero-order valence-corrected chi connectivity index (χ0v) is 10.2. The Morgan fingerprint density at radius 2 is 1.75 bits per heavy atom. The molecule has 20 heavy (non-hydrogen) atoms. The van der Waals surface area contributed by atoms with E-state index in [2.05, 4.69) is 0 Å². The maximum Gasteiger partial charge on any atom is 0.337 e. The van der Waals surface area contributed by atoms with Crippen LogP contribution in [0.5, 0.6) is 0 Å². The summed E-state index contributed by atoms with van der Waals surface area (Å²) in [5.74, 6) is -1.40. The predicted molar refractivity (Wildman–Crippen MR) is 72.6 cm³/mol. The minimum absolute atomic E-state index is 0.0675. The van der Waals surface area contributed by atoms with E-state index in [9.17, 15) is 14.7 Å². The number of benzene rings is 2. The molecule has 3 aromatic rings. The third kappa shape index (κ3) is 1.76. The van der Waals surface area contributed by atoms with Crippen LogP contribution in [0.3, 0.4) is 0 Å². The lowest BCUT2D eigenvalue weighted by molar-refractivity contribution is -0.146. The molecule has 0 unspecified atom stereocenters.